The van der Waals surface area contributed by atoms with Gasteiger partial charge in [-0.2, -0.15) is 0 Å². The molecule has 11 rings (SSSR count). The van der Waals surface area contributed by atoms with Crippen molar-refractivity contribution in [2.45, 2.75) is 87.0 Å². The Morgan fingerprint density at radius 2 is 1.88 bits per heavy atom. The molecule has 3 aromatic rings. The zero-order chi connectivity index (χ0) is 33.2. The first-order valence-electron chi connectivity index (χ1n) is 18.7. The van der Waals surface area contributed by atoms with E-state index in [1.54, 1.807) is 12.7 Å². The molecule has 11 atom stereocenters. The molecule has 2 aromatic carbocycles. The van der Waals surface area contributed by atoms with Crippen LogP contribution in [-0.4, -0.2) is 83.8 Å². The quantitative estimate of drug-likeness (QED) is 0.251. The van der Waals surface area contributed by atoms with Crippen LogP contribution in [0.1, 0.15) is 62.4 Å². The fourth-order valence-electron chi connectivity index (χ4n) is 13.5. The Hall–Kier alpha value is -3.17. The second-order valence-corrected chi connectivity index (χ2v) is 16.8. The monoisotopic (exact) mass is 660 g/mol. The first-order chi connectivity index (χ1) is 23.8. The number of hydrogen-bond donors (Lipinski definition) is 0. The van der Waals surface area contributed by atoms with Crippen LogP contribution in [-0.2, 0) is 37.9 Å². The van der Waals surface area contributed by atoms with E-state index in [1.165, 1.54) is 27.7 Å². The van der Waals surface area contributed by atoms with E-state index in [9.17, 15) is 4.79 Å². The molecule has 4 bridgehead atoms. The Morgan fingerprint density at radius 3 is 2.71 bits per heavy atom. The number of allylic oxidation sites excluding steroid dienone is 1. The van der Waals surface area contributed by atoms with Crippen LogP contribution in [0.4, 0.5) is 5.69 Å². The fourth-order valence-corrected chi connectivity index (χ4v) is 13.5. The summed E-state index contributed by atoms with van der Waals surface area (Å²) >= 11 is 0. The normalized spacial score (nSPS) is 43.8. The largest absolute Gasteiger partial charge is 0.467 e. The van der Waals surface area contributed by atoms with Crippen molar-refractivity contribution in [2.24, 2.45) is 30.7 Å². The number of benzene rings is 2. The maximum atomic E-state index is 14.0. The molecule has 1 spiro atoms. The summed E-state index contributed by atoms with van der Waals surface area (Å²) in [7, 11) is 6.19. The number of para-hydroxylation sites is 2. The molecule has 8 aliphatic rings. The average Bonchev–Trinajstić information content (AvgIpc) is 3.53. The zero-order valence-corrected chi connectivity index (χ0v) is 29.4. The number of carbonyl (C=O) groups is 1. The summed E-state index contributed by atoms with van der Waals surface area (Å²) in [4.78, 5) is 21.8. The molecule has 8 nitrogen and oxygen atoms in total. The van der Waals surface area contributed by atoms with Gasteiger partial charge in [0.1, 0.15) is 6.04 Å². The second-order valence-electron chi connectivity index (χ2n) is 16.8. The van der Waals surface area contributed by atoms with Crippen molar-refractivity contribution < 1.29 is 19.0 Å². The number of aromatic nitrogens is 1. The van der Waals surface area contributed by atoms with Gasteiger partial charge in [-0.3, -0.25) is 9.80 Å². The van der Waals surface area contributed by atoms with Gasteiger partial charge in [-0.1, -0.05) is 48.0 Å². The topological polar surface area (TPSA) is 59.4 Å². The van der Waals surface area contributed by atoms with Gasteiger partial charge in [-0.05, 0) is 82.2 Å². The molecule has 0 radical (unpaired) electrons. The molecule has 1 aromatic heterocycles. The molecule has 8 aliphatic heterocycles. The number of anilines is 1. The number of esters is 1. The van der Waals surface area contributed by atoms with Crippen LogP contribution in [0.15, 0.2) is 60.2 Å². The van der Waals surface area contributed by atoms with Gasteiger partial charge in [0.2, 0.25) is 0 Å². The lowest BCUT2D eigenvalue weighted by Crippen LogP contribution is -2.85. The van der Waals surface area contributed by atoms with Gasteiger partial charge >= 0.3 is 5.97 Å². The van der Waals surface area contributed by atoms with Crippen LogP contribution < -0.4 is 4.90 Å². The number of methoxy groups -OCH3 is 1. The summed E-state index contributed by atoms with van der Waals surface area (Å²) in [5.74, 6) is 0.357. The van der Waals surface area contributed by atoms with E-state index in [2.05, 4.69) is 102 Å². The first kappa shape index (κ1) is 29.5. The molecular weight excluding hydrogens is 612 g/mol. The number of likely N-dealkylation sites (N-methyl/N-ethyl adjacent to an activating group) is 1. The summed E-state index contributed by atoms with van der Waals surface area (Å²) in [5.41, 5.74) is 7.33. The van der Waals surface area contributed by atoms with Crippen molar-refractivity contribution in [1.82, 2.24) is 14.4 Å². The standard InChI is InChI=1S/C41H48N4O4/c1-6-23-21-44-16-15-40-20-30-26-17-34-36-27(24-11-7-9-13-31(24)43(36)4)18-33(42(34)3)28(26)22-48-39(30,2)49-41(40)35(44)19-25(23)37(38(46)47-5)45(41)32-14-10-8-12-29(32)40/h6-14,25-26,28,30,33-35,37H,15-22H2,1-5H3/b23-6-/t25-,26+,28+,30-,33-,34-,35-,37+,39-,40-,41-/m0/s1. The molecule has 0 unspecified atom stereocenters. The number of nitrogens with zero attached hydrogens (tertiary/aromatic N) is 4. The number of rotatable bonds is 1. The lowest BCUT2D eigenvalue weighted by molar-refractivity contribution is -0.401. The number of ether oxygens (including phenoxy) is 3. The molecular formula is C41H48N4O4. The van der Waals surface area contributed by atoms with Gasteiger partial charge in [-0.15, -0.1) is 0 Å². The van der Waals surface area contributed by atoms with Crippen LogP contribution in [0, 0.1) is 23.7 Å². The predicted octanol–water partition coefficient (Wildman–Crippen LogP) is 5.54. The molecule has 8 heteroatoms. The third kappa shape index (κ3) is 3.26. The van der Waals surface area contributed by atoms with Crippen LogP contribution >= 0.6 is 0 Å². The van der Waals surface area contributed by atoms with Crippen LogP contribution in [0.2, 0.25) is 0 Å². The molecule has 9 heterocycles. The highest BCUT2D eigenvalue weighted by molar-refractivity contribution is 5.87. The van der Waals surface area contributed by atoms with E-state index < -0.39 is 17.6 Å². The molecule has 6 saturated heterocycles. The van der Waals surface area contributed by atoms with E-state index in [0.29, 0.717) is 30.5 Å². The second kappa shape index (κ2) is 9.58. The number of aryl methyl sites for hydroxylation is 1. The molecule has 49 heavy (non-hydrogen) atoms. The van der Waals surface area contributed by atoms with Crippen molar-refractivity contribution in [1.29, 1.82) is 0 Å². The van der Waals surface area contributed by atoms with Crippen molar-refractivity contribution >= 4 is 22.6 Å². The minimum Gasteiger partial charge on any atom is -0.467 e. The average molecular weight is 661 g/mol. The lowest BCUT2D eigenvalue weighted by atomic mass is 9.52. The SMILES string of the molecule is C/C=C1/CN2CC[C@@]34C[C@H]5[C@@H]6C[C@H]7c8c(c9ccccc9n8C)C[C@@H]([C@@H]6CO[C@@]5(C)O[C@@]35[C@@H]2C[C@@H]1[C@H](C(=O)OC)N5c1ccccc14)N7C. The van der Waals surface area contributed by atoms with Crippen LogP contribution in [0.25, 0.3) is 10.9 Å². The summed E-state index contributed by atoms with van der Waals surface area (Å²) < 4.78 is 23.3. The van der Waals surface area contributed by atoms with E-state index in [4.69, 9.17) is 14.2 Å². The van der Waals surface area contributed by atoms with Crippen LogP contribution in [0.3, 0.4) is 0 Å². The smallest absolute Gasteiger partial charge is 0.329 e. The Balaban J connectivity index is 1.07. The minimum absolute atomic E-state index is 0.0975. The van der Waals surface area contributed by atoms with Crippen molar-refractivity contribution in [3.8, 4) is 0 Å². The summed E-state index contributed by atoms with van der Waals surface area (Å²) in [6.45, 7) is 7.02. The predicted molar refractivity (Wildman–Crippen MR) is 187 cm³/mol. The highest BCUT2D eigenvalue weighted by Gasteiger charge is 2.80. The minimum atomic E-state index is -0.756. The number of carbonyl (C=O) groups excluding carboxylic acids is 1. The number of fused-ring (bicyclic) bond motifs is 13. The highest BCUT2D eigenvalue weighted by Crippen LogP contribution is 2.72. The molecule has 0 amide bonds. The van der Waals surface area contributed by atoms with E-state index in [1.807, 2.05) is 0 Å². The van der Waals surface area contributed by atoms with Crippen molar-refractivity contribution in [3.05, 3.63) is 77.0 Å². The van der Waals surface area contributed by atoms with Crippen molar-refractivity contribution in [3.63, 3.8) is 0 Å². The van der Waals surface area contributed by atoms with Gasteiger partial charge in [0.25, 0.3) is 0 Å². The zero-order valence-electron chi connectivity index (χ0n) is 29.4. The first-order valence-corrected chi connectivity index (χ1v) is 18.7. The maximum Gasteiger partial charge on any atom is 0.329 e. The highest BCUT2D eigenvalue weighted by atomic mass is 16.7. The summed E-state index contributed by atoms with van der Waals surface area (Å²) in [6.07, 6.45) is 7.36. The van der Waals surface area contributed by atoms with Gasteiger partial charge < -0.3 is 23.7 Å². The molecule has 256 valence electrons. The van der Waals surface area contributed by atoms with Gasteiger partial charge in [0.05, 0.1) is 25.8 Å². The van der Waals surface area contributed by atoms with Gasteiger partial charge in [-0.25, -0.2) is 4.79 Å². The third-order valence-corrected chi connectivity index (χ3v) is 15.5. The summed E-state index contributed by atoms with van der Waals surface area (Å²) in [6, 6.07) is 18.5. The van der Waals surface area contributed by atoms with Crippen LogP contribution in [0.5, 0.6) is 0 Å². The Kier molecular flexibility index (Phi) is 5.78. The lowest BCUT2D eigenvalue weighted by Gasteiger charge is -2.72. The van der Waals surface area contributed by atoms with E-state index >= 15 is 0 Å². The molecule has 6 fully saturated rings. The number of hydrogen-bond acceptors (Lipinski definition) is 7. The fraction of sp³-hybridized carbons (Fsp3) is 0.585. The molecule has 0 aliphatic carbocycles. The van der Waals surface area contributed by atoms with Gasteiger partial charge in [0.15, 0.2) is 11.5 Å². The molecule has 0 saturated carbocycles. The number of piperidine rings is 4. The third-order valence-electron chi connectivity index (χ3n) is 15.5. The van der Waals surface area contributed by atoms with E-state index in [-0.39, 0.29) is 29.3 Å². The van der Waals surface area contributed by atoms with Crippen molar-refractivity contribution in [2.75, 3.05) is 38.8 Å². The molecule has 0 N–H and O–H groups in total. The Labute approximate surface area is 288 Å². The Bertz CT molecular complexity index is 1970. The summed E-state index contributed by atoms with van der Waals surface area (Å²) in [5, 5.41) is 1.42. The maximum absolute atomic E-state index is 14.0. The Morgan fingerprint density at radius 1 is 1.06 bits per heavy atom. The van der Waals surface area contributed by atoms with E-state index in [0.717, 1.165) is 50.9 Å². The van der Waals surface area contributed by atoms with Gasteiger partial charge in [0, 0.05) is 71.6 Å².